The highest BCUT2D eigenvalue weighted by atomic mass is 35.5. The normalized spacial score (nSPS) is 11.6. The Morgan fingerprint density at radius 1 is 1.36 bits per heavy atom. The number of rotatable bonds is 4. The molecule has 0 aliphatic heterocycles. The van der Waals surface area contributed by atoms with Crippen LogP contribution in [0.15, 0.2) is 21.8 Å². The number of aromatic carboxylic acids is 1. The Morgan fingerprint density at radius 2 is 2.00 bits per heavy atom. The average molecular weight is 347 g/mol. The van der Waals surface area contributed by atoms with Crippen LogP contribution >= 0.6 is 11.6 Å². The number of benzene rings is 1. The van der Waals surface area contributed by atoms with E-state index in [9.17, 15) is 18.0 Å². The number of sulfone groups is 1. The van der Waals surface area contributed by atoms with Crippen molar-refractivity contribution in [3.63, 3.8) is 0 Å². The number of aromatic nitrogens is 4. The first-order valence-electron chi connectivity index (χ1n) is 5.84. The molecule has 0 amide bonds. The minimum absolute atomic E-state index is 0.0166. The van der Waals surface area contributed by atoms with Gasteiger partial charge in [-0.3, -0.25) is 0 Å². The highest BCUT2D eigenvalue weighted by Gasteiger charge is 2.25. The predicted octanol–water partition coefficient (Wildman–Crippen LogP) is -0.220. The van der Waals surface area contributed by atoms with E-state index < -0.39 is 32.0 Å². The molecule has 2 aromatic rings. The maximum atomic E-state index is 12.0. The van der Waals surface area contributed by atoms with Gasteiger partial charge in [0.25, 0.3) is 0 Å². The molecule has 0 spiro atoms. The van der Waals surface area contributed by atoms with Gasteiger partial charge in [0, 0.05) is 23.9 Å². The second-order valence-corrected chi connectivity index (χ2v) is 6.88. The molecule has 9 nitrogen and oxygen atoms in total. The zero-order chi connectivity index (χ0) is 16.7. The van der Waals surface area contributed by atoms with E-state index in [1.165, 1.54) is 13.1 Å². The summed E-state index contributed by atoms with van der Waals surface area (Å²) in [6.45, 7) is -0.310. The fourth-order valence-corrected chi connectivity index (χ4v) is 3.39. The largest absolute Gasteiger partial charge is 0.478 e. The SMILES string of the molecule is Cn1nnn(Cc2c(Cl)ccc(C(=O)O)c2S(C)(=O)=O)c1=O. The van der Waals surface area contributed by atoms with Crippen molar-refractivity contribution < 1.29 is 18.3 Å². The van der Waals surface area contributed by atoms with Crippen LogP contribution in [0.4, 0.5) is 0 Å². The van der Waals surface area contributed by atoms with Gasteiger partial charge in [0.15, 0.2) is 9.84 Å². The van der Waals surface area contributed by atoms with Crippen LogP contribution in [0.5, 0.6) is 0 Å². The van der Waals surface area contributed by atoms with E-state index in [1.54, 1.807) is 0 Å². The standard InChI is InChI=1S/C11H11ClN4O5S/c1-15-11(19)16(14-13-15)5-7-8(12)4-3-6(10(17)18)9(7)22(2,20)21/h3-4H,5H2,1-2H3,(H,17,18). The molecule has 0 fully saturated rings. The first-order valence-corrected chi connectivity index (χ1v) is 8.11. The summed E-state index contributed by atoms with van der Waals surface area (Å²) < 4.78 is 25.8. The number of tetrazole rings is 1. The topological polar surface area (TPSA) is 124 Å². The molecular formula is C11H11ClN4O5S. The Morgan fingerprint density at radius 3 is 2.45 bits per heavy atom. The van der Waals surface area contributed by atoms with Crippen LogP contribution in [0, 0.1) is 0 Å². The van der Waals surface area contributed by atoms with Crippen molar-refractivity contribution in [1.29, 1.82) is 0 Å². The summed E-state index contributed by atoms with van der Waals surface area (Å²) in [5.41, 5.74) is -1.03. The van der Waals surface area contributed by atoms with E-state index in [0.717, 1.165) is 21.7 Å². The quantitative estimate of drug-likeness (QED) is 0.811. The van der Waals surface area contributed by atoms with Crippen LogP contribution in [0.3, 0.4) is 0 Å². The van der Waals surface area contributed by atoms with Crippen molar-refractivity contribution >= 4 is 27.4 Å². The van der Waals surface area contributed by atoms with Crippen molar-refractivity contribution in [2.45, 2.75) is 11.4 Å². The number of hydrogen-bond acceptors (Lipinski definition) is 6. The maximum Gasteiger partial charge on any atom is 0.363 e. The van der Waals surface area contributed by atoms with Crippen LogP contribution in [-0.4, -0.2) is 45.5 Å². The van der Waals surface area contributed by atoms with E-state index in [-0.39, 0.29) is 17.1 Å². The molecule has 22 heavy (non-hydrogen) atoms. The summed E-state index contributed by atoms with van der Waals surface area (Å²) >= 11 is 5.99. The highest BCUT2D eigenvalue weighted by Crippen LogP contribution is 2.28. The molecule has 0 saturated carbocycles. The number of carboxylic acids is 1. The van der Waals surface area contributed by atoms with Crippen molar-refractivity contribution in [1.82, 2.24) is 19.8 Å². The summed E-state index contributed by atoms with van der Waals surface area (Å²) in [6.07, 6.45) is 0.869. The summed E-state index contributed by atoms with van der Waals surface area (Å²) in [5.74, 6) is -1.41. The first-order chi connectivity index (χ1) is 10.1. The minimum atomic E-state index is -3.89. The van der Waals surface area contributed by atoms with Crippen molar-refractivity contribution in [3.05, 3.63) is 38.8 Å². The summed E-state index contributed by atoms with van der Waals surface area (Å²) in [4.78, 5) is 22.6. The average Bonchev–Trinajstić information content (AvgIpc) is 2.71. The lowest BCUT2D eigenvalue weighted by molar-refractivity contribution is 0.0692. The lowest BCUT2D eigenvalue weighted by Gasteiger charge is -2.12. The number of nitrogens with zero attached hydrogens (tertiary/aromatic N) is 4. The zero-order valence-electron chi connectivity index (χ0n) is 11.5. The van der Waals surface area contributed by atoms with Crippen molar-refractivity contribution in [2.24, 2.45) is 7.05 Å². The first kappa shape index (κ1) is 16.2. The predicted molar refractivity (Wildman–Crippen MR) is 75.9 cm³/mol. The van der Waals surface area contributed by atoms with Gasteiger partial charge in [-0.25, -0.2) is 18.0 Å². The molecule has 0 aliphatic rings. The van der Waals surface area contributed by atoms with Gasteiger partial charge >= 0.3 is 11.7 Å². The van der Waals surface area contributed by atoms with Gasteiger partial charge in [0.2, 0.25) is 0 Å². The van der Waals surface area contributed by atoms with Crippen LogP contribution < -0.4 is 5.69 Å². The Balaban J connectivity index is 2.74. The monoisotopic (exact) mass is 346 g/mol. The Labute approximate surface area is 129 Å². The maximum absolute atomic E-state index is 12.0. The lowest BCUT2D eigenvalue weighted by Crippen LogP contribution is -2.25. The highest BCUT2D eigenvalue weighted by molar-refractivity contribution is 7.90. The third-order valence-electron chi connectivity index (χ3n) is 2.89. The summed E-state index contributed by atoms with van der Waals surface area (Å²) in [6, 6.07) is 2.36. The van der Waals surface area contributed by atoms with Crippen LogP contribution in [0.25, 0.3) is 0 Å². The second-order valence-electron chi connectivity index (χ2n) is 4.52. The number of halogens is 1. The molecule has 1 N–H and O–H groups in total. The van der Waals surface area contributed by atoms with E-state index in [4.69, 9.17) is 16.7 Å². The molecule has 0 bridgehead atoms. The Bertz CT molecular complexity index is 915. The van der Waals surface area contributed by atoms with Gasteiger partial charge in [0.1, 0.15) is 0 Å². The number of hydrogen-bond donors (Lipinski definition) is 1. The van der Waals surface area contributed by atoms with E-state index >= 15 is 0 Å². The lowest BCUT2D eigenvalue weighted by atomic mass is 10.1. The molecule has 0 radical (unpaired) electrons. The van der Waals surface area contributed by atoms with E-state index in [1.807, 2.05) is 0 Å². The van der Waals surface area contributed by atoms with Gasteiger partial charge in [-0.05, 0) is 22.6 Å². The fraction of sp³-hybridized carbons (Fsp3) is 0.273. The second kappa shape index (κ2) is 5.54. The van der Waals surface area contributed by atoms with Crippen LogP contribution in [0.1, 0.15) is 15.9 Å². The van der Waals surface area contributed by atoms with Gasteiger partial charge in [-0.15, -0.1) is 0 Å². The van der Waals surface area contributed by atoms with Crippen LogP contribution in [0.2, 0.25) is 5.02 Å². The Kier molecular flexibility index (Phi) is 4.07. The minimum Gasteiger partial charge on any atom is -0.478 e. The van der Waals surface area contributed by atoms with Gasteiger partial charge in [-0.1, -0.05) is 11.6 Å². The molecular weight excluding hydrogens is 336 g/mol. The zero-order valence-corrected chi connectivity index (χ0v) is 13.1. The molecule has 1 aromatic heterocycles. The number of carboxylic acid groups (broad SMARTS) is 1. The van der Waals surface area contributed by atoms with E-state index in [2.05, 4.69) is 10.4 Å². The fourth-order valence-electron chi connectivity index (χ4n) is 1.94. The molecule has 2 rings (SSSR count). The molecule has 11 heteroatoms. The van der Waals surface area contributed by atoms with E-state index in [0.29, 0.717) is 0 Å². The molecule has 0 unspecified atom stereocenters. The van der Waals surface area contributed by atoms with Gasteiger partial charge in [0.05, 0.1) is 17.0 Å². The van der Waals surface area contributed by atoms with Crippen molar-refractivity contribution in [2.75, 3.05) is 6.26 Å². The third-order valence-corrected chi connectivity index (χ3v) is 4.45. The Hall–Kier alpha value is -2.20. The summed E-state index contributed by atoms with van der Waals surface area (Å²) in [7, 11) is -2.52. The summed E-state index contributed by atoms with van der Waals surface area (Å²) in [5, 5.41) is 16.2. The molecule has 1 aromatic carbocycles. The molecule has 1 heterocycles. The number of carbonyl (C=O) groups is 1. The molecule has 0 saturated heterocycles. The van der Waals surface area contributed by atoms with Gasteiger partial charge in [-0.2, -0.15) is 9.36 Å². The van der Waals surface area contributed by atoms with Gasteiger partial charge < -0.3 is 5.11 Å². The molecule has 0 aliphatic carbocycles. The molecule has 118 valence electrons. The number of aryl methyl sites for hydroxylation is 1. The van der Waals surface area contributed by atoms with Crippen molar-refractivity contribution in [3.8, 4) is 0 Å². The smallest absolute Gasteiger partial charge is 0.363 e. The van der Waals surface area contributed by atoms with Crippen LogP contribution in [-0.2, 0) is 23.4 Å². The molecule has 0 atom stereocenters. The third kappa shape index (κ3) is 2.88.